The number of rotatable bonds is 32. The molecule has 0 saturated carbocycles. The van der Waals surface area contributed by atoms with Gasteiger partial charge in [-0.15, -0.1) is 0 Å². The third kappa shape index (κ3) is 33.8. The van der Waals surface area contributed by atoms with Crippen LogP contribution in [0.5, 0.6) is 0 Å². The number of ether oxygens (including phenoxy) is 4. The second kappa shape index (κ2) is 33.8. The van der Waals surface area contributed by atoms with Crippen molar-refractivity contribution in [2.75, 3.05) is 59.5 Å². The molecule has 0 atom stereocenters. The van der Waals surface area contributed by atoms with Gasteiger partial charge < -0.3 is 24.1 Å². The van der Waals surface area contributed by atoms with Crippen LogP contribution in [0.3, 0.4) is 0 Å². The van der Waals surface area contributed by atoms with Crippen LogP contribution < -0.4 is 0 Å². The van der Waals surface area contributed by atoms with Gasteiger partial charge in [0.15, 0.2) is 0 Å². The van der Waals surface area contributed by atoms with E-state index in [-0.39, 0.29) is 6.61 Å². The molecule has 0 heterocycles. The molecule has 0 bridgehead atoms. The summed E-state index contributed by atoms with van der Waals surface area (Å²) in [6.45, 7) is 7.08. The normalized spacial score (nSPS) is 11.5. The van der Waals surface area contributed by atoms with Gasteiger partial charge in [-0.05, 0) is 6.42 Å². The molecule has 0 fully saturated rings. The molecule has 0 aromatic heterocycles. The zero-order valence-electron chi connectivity index (χ0n) is 23.6. The second-order valence-electron chi connectivity index (χ2n) is 9.89. The molecule has 5 heteroatoms. The molecule has 0 spiro atoms. The van der Waals surface area contributed by atoms with Crippen molar-refractivity contribution in [1.82, 2.24) is 0 Å². The van der Waals surface area contributed by atoms with E-state index in [0.29, 0.717) is 46.2 Å². The summed E-state index contributed by atoms with van der Waals surface area (Å²) >= 11 is 0. The molecule has 0 aromatic rings. The molecule has 0 aliphatic carbocycles. The summed E-state index contributed by atoms with van der Waals surface area (Å²) in [7, 11) is 0. The Morgan fingerprint density at radius 2 is 0.571 bits per heavy atom. The molecule has 35 heavy (non-hydrogen) atoms. The summed E-state index contributed by atoms with van der Waals surface area (Å²) in [5.41, 5.74) is 0. The van der Waals surface area contributed by atoms with E-state index in [2.05, 4.69) is 6.92 Å². The van der Waals surface area contributed by atoms with Gasteiger partial charge in [-0.25, -0.2) is 0 Å². The molecular weight excluding hydrogens is 440 g/mol. The Bertz CT molecular complexity index is 322. The molecule has 5 nitrogen and oxygen atoms in total. The van der Waals surface area contributed by atoms with Gasteiger partial charge >= 0.3 is 0 Å². The molecule has 0 aliphatic heterocycles. The predicted molar refractivity (Wildman–Crippen MR) is 148 cm³/mol. The van der Waals surface area contributed by atoms with Gasteiger partial charge in [0.25, 0.3) is 0 Å². The van der Waals surface area contributed by atoms with Crippen LogP contribution in [0.2, 0.25) is 0 Å². The van der Waals surface area contributed by atoms with Gasteiger partial charge in [-0.2, -0.15) is 0 Å². The summed E-state index contributed by atoms with van der Waals surface area (Å²) in [6, 6.07) is 0. The maximum atomic E-state index is 8.58. The van der Waals surface area contributed by atoms with Crippen molar-refractivity contribution >= 4 is 0 Å². The topological polar surface area (TPSA) is 57.2 Å². The van der Waals surface area contributed by atoms with E-state index in [4.69, 9.17) is 24.1 Å². The van der Waals surface area contributed by atoms with Crippen LogP contribution in [0, 0.1) is 0 Å². The highest BCUT2D eigenvalue weighted by Gasteiger charge is 1.96. The number of unbranched alkanes of at least 4 members (excludes halogenated alkanes) is 19. The predicted octanol–water partition coefficient (Wildman–Crippen LogP) is 7.87. The first kappa shape index (κ1) is 34.8. The van der Waals surface area contributed by atoms with Crippen LogP contribution >= 0.6 is 0 Å². The lowest BCUT2D eigenvalue weighted by Crippen LogP contribution is -2.12. The molecule has 0 unspecified atom stereocenters. The molecule has 0 amide bonds. The fraction of sp³-hybridized carbons (Fsp3) is 1.00. The average molecular weight is 503 g/mol. The van der Waals surface area contributed by atoms with Crippen LogP contribution in [0.25, 0.3) is 0 Å². The Kier molecular flexibility index (Phi) is 33.6. The van der Waals surface area contributed by atoms with Crippen LogP contribution in [0.1, 0.15) is 135 Å². The van der Waals surface area contributed by atoms with E-state index in [0.717, 1.165) is 13.0 Å². The van der Waals surface area contributed by atoms with Crippen molar-refractivity contribution in [2.45, 2.75) is 135 Å². The number of aliphatic hydroxyl groups excluding tert-OH is 1. The SMILES string of the molecule is CCCCCCCCCCCCCCCCCCCCCCOCCOCCOCCOCCO. The number of hydrogen-bond donors (Lipinski definition) is 1. The Hall–Kier alpha value is -0.200. The maximum absolute atomic E-state index is 8.58. The monoisotopic (exact) mass is 502 g/mol. The minimum absolute atomic E-state index is 0.0582. The van der Waals surface area contributed by atoms with Crippen molar-refractivity contribution in [1.29, 1.82) is 0 Å². The molecular formula is C30H62O5. The van der Waals surface area contributed by atoms with Crippen molar-refractivity contribution in [3.63, 3.8) is 0 Å². The number of aliphatic hydroxyl groups is 1. The smallest absolute Gasteiger partial charge is 0.0701 e. The Morgan fingerprint density at radius 3 is 0.886 bits per heavy atom. The van der Waals surface area contributed by atoms with Gasteiger partial charge in [0.1, 0.15) is 0 Å². The van der Waals surface area contributed by atoms with Gasteiger partial charge in [0.05, 0.1) is 52.9 Å². The molecule has 0 aliphatic rings. The average Bonchev–Trinajstić information content (AvgIpc) is 2.87. The molecule has 1 N–H and O–H groups in total. The molecule has 0 rings (SSSR count). The second-order valence-corrected chi connectivity index (χ2v) is 9.89. The van der Waals surface area contributed by atoms with Gasteiger partial charge in [0, 0.05) is 6.61 Å². The summed E-state index contributed by atoms with van der Waals surface area (Å²) < 4.78 is 21.6. The van der Waals surface area contributed by atoms with Crippen LogP contribution in [-0.4, -0.2) is 64.6 Å². The largest absolute Gasteiger partial charge is 0.394 e. The first-order valence-corrected chi connectivity index (χ1v) is 15.3. The van der Waals surface area contributed by atoms with E-state index < -0.39 is 0 Å². The van der Waals surface area contributed by atoms with E-state index >= 15 is 0 Å². The highest BCUT2D eigenvalue weighted by atomic mass is 16.6. The van der Waals surface area contributed by atoms with Gasteiger partial charge in [-0.1, -0.05) is 129 Å². The highest BCUT2D eigenvalue weighted by Crippen LogP contribution is 2.14. The van der Waals surface area contributed by atoms with Crippen LogP contribution in [-0.2, 0) is 18.9 Å². The summed E-state index contributed by atoms with van der Waals surface area (Å²) in [5.74, 6) is 0. The fourth-order valence-corrected chi connectivity index (χ4v) is 4.29. The maximum Gasteiger partial charge on any atom is 0.0701 e. The van der Waals surface area contributed by atoms with E-state index in [1.807, 2.05) is 0 Å². The molecule has 0 radical (unpaired) electrons. The molecule has 212 valence electrons. The summed E-state index contributed by atoms with van der Waals surface area (Å²) in [6.07, 6.45) is 28.3. The van der Waals surface area contributed by atoms with E-state index in [1.54, 1.807) is 0 Å². The summed E-state index contributed by atoms with van der Waals surface area (Å²) in [5, 5.41) is 8.58. The van der Waals surface area contributed by atoms with Crippen molar-refractivity contribution in [2.24, 2.45) is 0 Å². The van der Waals surface area contributed by atoms with E-state index in [1.165, 1.54) is 122 Å². The summed E-state index contributed by atoms with van der Waals surface area (Å²) in [4.78, 5) is 0. The zero-order valence-corrected chi connectivity index (χ0v) is 23.6. The standard InChI is InChI=1S/C30H62O5/c1-2-3-4-5-6-7-8-9-10-11-12-13-14-15-16-17-18-19-20-21-23-32-25-27-34-29-30-35-28-26-33-24-22-31/h31H,2-30H2,1H3. The Balaban J connectivity index is 3.00. The highest BCUT2D eigenvalue weighted by molar-refractivity contribution is 4.51. The first-order chi connectivity index (χ1) is 17.4. The first-order valence-electron chi connectivity index (χ1n) is 15.3. The van der Waals surface area contributed by atoms with Crippen molar-refractivity contribution in [3.8, 4) is 0 Å². The van der Waals surface area contributed by atoms with Crippen LogP contribution in [0.15, 0.2) is 0 Å². The lowest BCUT2D eigenvalue weighted by atomic mass is 10.0. The quantitative estimate of drug-likeness (QED) is 0.0948. The van der Waals surface area contributed by atoms with Gasteiger partial charge in [0.2, 0.25) is 0 Å². The lowest BCUT2D eigenvalue weighted by molar-refractivity contribution is -0.00577. The van der Waals surface area contributed by atoms with Gasteiger partial charge in [-0.3, -0.25) is 0 Å². The van der Waals surface area contributed by atoms with Crippen molar-refractivity contribution < 1.29 is 24.1 Å². The third-order valence-electron chi connectivity index (χ3n) is 6.49. The van der Waals surface area contributed by atoms with Crippen molar-refractivity contribution in [3.05, 3.63) is 0 Å². The van der Waals surface area contributed by atoms with Crippen LogP contribution in [0.4, 0.5) is 0 Å². The molecule has 0 saturated heterocycles. The lowest BCUT2D eigenvalue weighted by Gasteiger charge is -2.07. The Morgan fingerprint density at radius 1 is 0.314 bits per heavy atom. The fourth-order valence-electron chi connectivity index (χ4n) is 4.29. The minimum Gasteiger partial charge on any atom is -0.394 e. The third-order valence-corrected chi connectivity index (χ3v) is 6.49. The number of hydrogen-bond acceptors (Lipinski definition) is 5. The Labute approximate surface area is 219 Å². The van der Waals surface area contributed by atoms with E-state index in [9.17, 15) is 0 Å². The zero-order chi connectivity index (χ0) is 25.3. The minimum atomic E-state index is 0.0582. The molecule has 0 aromatic carbocycles.